The number of anilines is 1. The van der Waals surface area contributed by atoms with Crippen LogP contribution in [0, 0.1) is 0 Å². The van der Waals surface area contributed by atoms with Crippen molar-refractivity contribution in [3.8, 4) is 0 Å². The summed E-state index contributed by atoms with van der Waals surface area (Å²) in [5.74, 6) is 0. The minimum absolute atomic E-state index is 0.294. The number of hydrogen-bond donors (Lipinski definition) is 1. The first kappa shape index (κ1) is 13.9. The number of fused-ring (bicyclic) bond motifs is 1. The molecule has 0 bridgehead atoms. The van der Waals surface area contributed by atoms with Gasteiger partial charge in [-0.3, -0.25) is 4.90 Å². The molecule has 1 aromatic rings. The lowest BCUT2D eigenvalue weighted by molar-refractivity contribution is 0.231. The highest BCUT2D eigenvalue weighted by molar-refractivity contribution is 5.48. The van der Waals surface area contributed by atoms with Gasteiger partial charge >= 0.3 is 0 Å². The molecule has 110 valence electrons. The van der Waals surface area contributed by atoms with Crippen molar-refractivity contribution in [1.82, 2.24) is 4.90 Å². The highest BCUT2D eigenvalue weighted by atomic mass is 15.3. The van der Waals surface area contributed by atoms with Crippen LogP contribution in [0.4, 0.5) is 5.69 Å². The molecule has 3 heteroatoms. The molecule has 0 saturated carbocycles. The van der Waals surface area contributed by atoms with Crippen molar-refractivity contribution in [2.24, 2.45) is 5.73 Å². The molecule has 2 atom stereocenters. The second-order valence-electron chi connectivity index (χ2n) is 6.32. The molecule has 0 amide bonds. The first-order chi connectivity index (χ1) is 9.76. The van der Waals surface area contributed by atoms with Crippen LogP contribution in [0.2, 0.25) is 0 Å². The number of benzene rings is 1. The molecule has 20 heavy (non-hydrogen) atoms. The minimum Gasteiger partial charge on any atom is -0.369 e. The van der Waals surface area contributed by atoms with Gasteiger partial charge in [0.15, 0.2) is 0 Å². The van der Waals surface area contributed by atoms with Crippen LogP contribution in [0.25, 0.3) is 0 Å². The third-order valence-electron chi connectivity index (χ3n) is 4.91. The van der Waals surface area contributed by atoms with Crippen molar-refractivity contribution < 1.29 is 0 Å². The Morgan fingerprint density at radius 3 is 2.75 bits per heavy atom. The monoisotopic (exact) mass is 273 g/mol. The highest BCUT2D eigenvalue weighted by Gasteiger charge is 2.30. The lowest BCUT2D eigenvalue weighted by Gasteiger charge is -2.38. The summed E-state index contributed by atoms with van der Waals surface area (Å²) in [5, 5.41) is 0. The molecule has 2 fully saturated rings. The summed E-state index contributed by atoms with van der Waals surface area (Å²) >= 11 is 0. The van der Waals surface area contributed by atoms with E-state index in [1.807, 2.05) is 0 Å². The first-order valence-corrected chi connectivity index (χ1v) is 8.10. The summed E-state index contributed by atoms with van der Waals surface area (Å²) in [6.45, 7) is 7.07. The van der Waals surface area contributed by atoms with Gasteiger partial charge in [0.25, 0.3) is 0 Å². The molecule has 2 aliphatic heterocycles. The van der Waals surface area contributed by atoms with E-state index in [9.17, 15) is 0 Å². The maximum atomic E-state index is 6.03. The van der Waals surface area contributed by atoms with Gasteiger partial charge in [-0.15, -0.1) is 0 Å². The molecular weight excluding hydrogens is 246 g/mol. The minimum atomic E-state index is 0.294. The van der Waals surface area contributed by atoms with Crippen molar-refractivity contribution in [3.05, 3.63) is 29.8 Å². The average molecular weight is 273 g/mol. The van der Waals surface area contributed by atoms with Gasteiger partial charge in [-0.25, -0.2) is 0 Å². The zero-order valence-corrected chi connectivity index (χ0v) is 12.6. The van der Waals surface area contributed by atoms with Gasteiger partial charge in [-0.2, -0.15) is 0 Å². The van der Waals surface area contributed by atoms with Gasteiger partial charge < -0.3 is 10.6 Å². The van der Waals surface area contributed by atoms with E-state index in [1.165, 1.54) is 50.3 Å². The quantitative estimate of drug-likeness (QED) is 0.913. The first-order valence-electron chi connectivity index (χ1n) is 8.10. The summed E-state index contributed by atoms with van der Waals surface area (Å²) in [6, 6.07) is 10.2. The maximum absolute atomic E-state index is 6.03. The number of hydrogen-bond acceptors (Lipinski definition) is 3. The molecule has 3 rings (SSSR count). The SMILES string of the molecule is CCC(N)Cc1ccc(N2CCN3CCCC3C2)cc1. The molecule has 0 aliphatic carbocycles. The van der Waals surface area contributed by atoms with E-state index in [4.69, 9.17) is 5.73 Å². The van der Waals surface area contributed by atoms with E-state index < -0.39 is 0 Å². The molecule has 2 unspecified atom stereocenters. The van der Waals surface area contributed by atoms with E-state index in [1.54, 1.807) is 0 Å². The molecular formula is C17H27N3. The Morgan fingerprint density at radius 2 is 2.00 bits per heavy atom. The fourth-order valence-corrected chi connectivity index (χ4v) is 3.52. The zero-order chi connectivity index (χ0) is 13.9. The van der Waals surface area contributed by atoms with E-state index in [-0.39, 0.29) is 0 Å². The molecule has 3 nitrogen and oxygen atoms in total. The van der Waals surface area contributed by atoms with Crippen LogP contribution in [0.5, 0.6) is 0 Å². The van der Waals surface area contributed by atoms with Crippen molar-refractivity contribution in [3.63, 3.8) is 0 Å². The van der Waals surface area contributed by atoms with Crippen LogP contribution in [0.1, 0.15) is 31.7 Å². The summed E-state index contributed by atoms with van der Waals surface area (Å²) in [7, 11) is 0. The lowest BCUT2D eigenvalue weighted by atomic mass is 10.0. The molecule has 0 radical (unpaired) electrons. The molecule has 2 saturated heterocycles. The lowest BCUT2D eigenvalue weighted by Crippen LogP contribution is -2.50. The Bertz CT molecular complexity index is 428. The summed E-state index contributed by atoms with van der Waals surface area (Å²) < 4.78 is 0. The molecule has 2 aliphatic rings. The van der Waals surface area contributed by atoms with E-state index in [2.05, 4.69) is 41.0 Å². The Labute approximate surface area is 122 Å². The van der Waals surface area contributed by atoms with Crippen LogP contribution < -0.4 is 10.6 Å². The summed E-state index contributed by atoms with van der Waals surface area (Å²) in [6.07, 6.45) is 4.80. The number of nitrogens with zero attached hydrogens (tertiary/aromatic N) is 2. The van der Waals surface area contributed by atoms with Crippen molar-refractivity contribution in [2.75, 3.05) is 31.1 Å². The fourth-order valence-electron chi connectivity index (χ4n) is 3.52. The van der Waals surface area contributed by atoms with Crippen LogP contribution in [0.15, 0.2) is 24.3 Å². The van der Waals surface area contributed by atoms with E-state index in [0.717, 1.165) is 18.9 Å². The molecule has 2 N–H and O–H groups in total. The van der Waals surface area contributed by atoms with Crippen molar-refractivity contribution in [2.45, 2.75) is 44.7 Å². The Kier molecular flexibility index (Phi) is 4.27. The van der Waals surface area contributed by atoms with Crippen LogP contribution >= 0.6 is 0 Å². The van der Waals surface area contributed by atoms with Crippen molar-refractivity contribution in [1.29, 1.82) is 0 Å². The predicted octanol–water partition coefficient (Wildman–Crippen LogP) is 2.25. The molecule has 1 aromatic carbocycles. The summed E-state index contributed by atoms with van der Waals surface area (Å²) in [5.41, 5.74) is 8.77. The largest absolute Gasteiger partial charge is 0.369 e. The second-order valence-corrected chi connectivity index (χ2v) is 6.32. The van der Waals surface area contributed by atoms with Crippen LogP contribution in [-0.4, -0.2) is 43.2 Å². The standard InChI is InChI=1S/C17H27N3/c1-2-15(18)12-14-5-7-16(8-6-14)20-11-10-19-9-3-4-17(19)13-20/h5-8,15,17H,2-4,9-13,18H2,1H3. The normalized spacial score (nSPS) is 24.7. The van der Waals surface area contributed by atoms with Crippen molar-refractivity contribution >= 4 is 5.69 Å². The number of piperazine rings is 1. The number of rotatable bonds is 4. The Balaban J connectivity index is 1.62. The summed E-state index contributed by atoms with van der Waals surface area (Å²) in [4.78, 5) is 5.21. The zero-order valence-electron chi connectivity index (χ0n) is 12.6. The highest BCUT2D eigenvalue weighted by Crippen LogP contribution is 2.25. The van der Waals surface area contributed by atoms with Gasteiger partial charge in [-0.1, -0.05) is 19.1 Å². The fraction of sp³-hybridized carbons (Fsp3) is 0.647. The predicted molar refractivity (Wildman–Crippen MR) is 85.2 cm³/mol. The molecule has 0 spiro atoms. The molecule has 0 aromatic heterocycles. The number of nitrogens with two attached hydrogens (primary N) is 1. The third kappa shape index (κ3) is 2.99. The van der Waals surface area contributed by atoms with Gasteiger partial charge in [0.05, 0.1) is 0 Å². The topological polar surface area (TPSA) is 32.5 Å². The van der Waals surface area contributed by atoms with E-state index >= 15 is 0 Å². The Hall–Kier alpha value is -1.06. The van der Waals surface area contributed by atoms with Gasteiger partial charge in [0.1, 0.15) is 0 Å². The van der Waals surface area contributed by atoms with E-state index in [0.29, 0.717) is 6.04 Å². The Morgan fingerprint density at radius 1 is 1.20 bits per heavy atom. The third-order valence-corrected chi connectivity index (χ3v) is 4.91. The van der Waals surface area contributed by atoms with Crippen LogP contribution in [0.3, 0.4) is 0 Å². The smallest absolute Gasteiger partial charge is 0.0367 e. The average Bonchev–Trinajstić information content (AvgIpc) is 2.95. The second kappa shape index (κ2) is 6.15. The molecule has 2 heterocycles. The van der Waals surface area contributed by atoms with Gasteiger partial charge in [0, 0.05) is 37.4 Å². The van der Waals surface area contributed by atoms with Crippen LogP contribution in [-0.2, 0) is 6.42 Å². The van der Waals surface area contributed by atoms with Gasteiger partial charge in [-0.05, 0) is 49.9 Å². The van der Waals surface area contributed by atoms with Gasteiger partial charge in [0.2, 0.25) is 0 Å². The maximum Gasteiger partial charge on any atom is 0.0367 e.